The molecular weight excluding hydrogens is 686 g/mol. The molecule has 1 aliphatic heterocycles. The van der Waals surface area contributed by atoms with Crippen LogP contribution in [0.5, 0.6) is 0 Å². The number of nitrogens with zero attached hydrogens (tertiary/aromatic N) is 4. The van der Waals surface area contributed by atoms with Crippen molar-refractivity contribution in [2.75, 3.05) is 64.8 Å². The zero-order valence-electron chi connectivity index (χ0n) is 28.7. The lowest BCUT2D eigenvalue weighted by atomic mass is 10.0. The summed E-state index contributed by atoms with van der Waals surface area (Å²) in [6.07, 6.45) is 1.75. The number of pyridine rings is 1. The smallest absolute Gasteiger partial charge is 0.272 e. The summed E-state index contributed by atoms with van der Waals surface area (Å²) in [6.45, 7) is 2.35. The molecule has 0 bridgehead atoms. The minimum atomic E-state index is -0.638. The van der Waals surface area contributed by atoms with Crippen LogP contribution in [0.1, 0.15) is 32.1 Å². The van der Waals surface area contributed by atoms with Crippen LogP contribution in [-0.2, 0) is 16.0 Å². The van der Waals surface area contributed by atoms with Crippen LogP contribution < -0.4 is 21.9 Å². The molecule has 0 saturated carbocycles. The zero-order valence-corrected chi connectivity index (χ0v) is 28.7. The van der Waals surface area contributed by atoms with Crippen LogP contribution in [0.4, 0.5) is 14.5 Å². The number of aromatic amines is 1. The van der Waals surface area contributed by atoms with E-state index in [0.29, 0.717) is 65.8 Å². The Morgan fingerprint density at radius 2 is 1.62 bits per heavy atom. The van der Waals surface area contributed by atoms with Crippen LogP contribution in [0.2, 0.25) is 0 Å². The number of carbonyl (C=O) groups excluding carboxylic acids is 3. The first-order chi connectivity index (χ1) is 25.7. The Balaban J connectivity index is 0.881. The Morgan fingerprint density at radius 3 is 2.40 bits per heavy atom. The Morgan fingerprint density at radius 1 is 0.868 bits per heavy atom. The van der Waals surface area contributed by atoms with Gasteiger partial charge in [-0.05, 0) is 47.5 Å². The number of halogens is 2. The Labute approximate surface area is 303 Å². The van der Waals surface area contributed by atoms with Gasteiger partial charge < -0.3 is 30.9 Å². The highest BCUT2D eigenvalue weighted by molar-refractivity contribution is 5.98. The van der Waals surface area contributed by atoms with E-state index in [2.05, 4.69) is 25.8 Å². The molecule has 0 radical (unpaired) electrons. The maximum atomic E-state index is 14.9. The molecule has 0 aliphatic carbocycles. The lowest BCUT2D eigenvalue weighted by Crippen LogP contribution is -2.52. The molecule has 5 aromatic rings. The van der Waals surface area contributed by atoms with Gasteiger partial charge in [-0.25, -0.2) is 18.9 Å². The molecule has 2 aromatic heterocycles. The lowest BCUT2D eigenvalue weighted by Gasteiger charge is -2.35. The minimum absolute atomic E-state index is 0.0582. The highest BCUT2D eigenvalue weighted by Crippen LogP contribution is 2.23. The fraction of sp³-hybridized carbons (Fsp3) is 0.263. The van der Waals surface area contributed by atoms with Crippen LogP contribution in [0.15, 0.2) is 83.8 Å². The summed E-state index contributed by atoms with van der Waals surface area (Å²) in [5, 5.41) is 13.6. The topological polar surface area (TPSA) is 176 Å². The summed E-state index contributed by atoms with van der Waals surface area (Å²) in [5.41, 5.74) is 8.35. The molecular formula is C38H38F2N8O5. The quantitative estimate of drug-likeness (QED) is 0.133. The Kier molecular flexibility index (Phi) is 11.8. The highest BCUT2D eigenvalue weighted by atomic mass is 19.1. The van der Waals surface area contributed by atoms with E-state index in [0.717, 1.165) is 0 Å². The van der Waals surface area contributed by atoms with Crippen molar-refractivity contribution in [2.45, 2.75) is 6.42 Å². The molecule has 0 atom stereocenters. The second-order valence-electron chi connectivity index (χ2n) is 12.4. The Bertz CT molecular complexity index is 2190. The van der Waals surface area contributed by atoms with Crippen LogP contribution in [0.3, 0.4) is 0 Å². The van der Waals surface area contributed by atoms with Gasteiger partial charge >= 0.3 is 0 Å². The van der Waals surface area contributed by atoms with Crippen molar-refractivity contribution in [1.29, 1.82) is 0 Å². The average molecular weight is 725 g/mol. The maximum Gasteiger partial charge on any atom is 0.272 e. The summed E-state index contributed by atoms with van der Waals surface area (Å²) in [7, 11) is 0. The molecule has 3 aromatic carbocycles. The van der Waals surface area contributed by atoms with E-state index in [9.17, 15) is 28.0 Å². The molecule has 6 rings (SSSR count). The van der Waals surface area contributed by atoms with E-state index >= 15 is 0 Å². The van der Waals surface area contributed by atoms with Gasteiger partial charge in [0.25, 0.3) is 17.4 Å². The van der Waals surface area contributed by atoms with E-state index in [1.165, 1.54) is 35.4 Å². The number of fused-ring (bicyclic) bond motifs is 1. The fourth-order valence-electron chi connectivity index (χ4n) is 6.05. The number of piperazine rings is 1. The van der Waals surface area contributed by atoms with Crippen LogP contribution in [0.25, 0.3) is 21.9 Å². The molecule has 0 unspecified atom stereocenters. The molecule has 53 heavy (non-hydrogen) atoms. The molecule has 0 spiro atoms. The average Bonchev–Trinajstić information content (AvgIpc) is 3.17. The first-order valence-corrected chi connectivity index (χ1v) is 17.1. The summed E-state index contributed by atoms with van der Waals surface area (Å²) < 4.78 is 33.9. The fourth-order valence-corrected chi connectivity index (χ4v) is 6.05. The molecule has 5 N–H and O–H groups in total. The standard InChI is InChI=1S/C38H38F2N8O5/c39-27-5-3-4-25(20-27)26-21-32(41)35(44-22-26)37(51)43-11-17-53-16-10-42-23-34(49)47-12-14-48(15-13-47)38(52)30-18-24(8-9-31(30)40)19-33-28-6-1-2-7-29(28)36(50)46-45-33/h1-9,18,20-22,42H,10-17,19,23,41H2,(H,43,51)(H,46,50). The third kappa shape index (κ3) is 9.06. The predicted molar refractivity (Wildman–Crippen MR) is 194 cm³/mol. The van der Waals surface area contributed by atoms with Crippen LogP contribution in [0, 0.1) is 11.6 Å². The number of carbonyl (C=O) groups is 3. The number of hydrogen-bond acceptors (Lipinski definition) is 9. The summed E-state index contributed by atoms with van der Waals surface area (Å²) in [5.74, 6) is -2.08. The van der Waals surface area contributed by atoms with Crippen molar-refractivity contribution in [3.63, 3.8) is 0 Å². The van der Waals surface area contributed by atoms with Gasteiger partial charge in [-0.15, -0.1) is 0 Å². The monoisotopic (exact) mass is 724 g/mol. The number of benzene rings is 3. The molecule has 274 valence electrons. The van der Waals surface area contributed by atoms with Gasteiger partial charge in [-0.2, -0.15) is 5.10 Å². The number of hydrogen-bond donors (Lipinski definition) is 4. The van der Waals surface area contributed by atoms with Crippen LogP contribution in [-0.4, -0.2) is 102 Å². The van der Waals surface area contributed by atoms with E-state index < -0.39 is 17.6 Å². The molecule has 3 amide bonds. The molecule has 1 aliphatic rings. The van der Waals surface area contributed by atoms with E-state index in [1.54, 1.807) is 47.4 Å². The molecule has 3 heterocycles. The van der Waals surface area contributed by atoms with Crippen molar-refractivity contribution in [3.05, 3.63) is 123 Å². The van der Waals surface area contributed by atoms with Crippen molar-refractivity contribution >= 4 is 34.2 Å². The van der Waals surface area contributed by atoms with Gasteiger partial charge in [0, 0.05) is 62.8 Å². The number of nitrogens with two attached hydrogens (primary N) is 1. The summed E-state index contributed by atoms with van der Waals surface area (Å²) in [4.78, 5) is 58.1. The highest BCUT2D eigenvalue weighted by Gasteiger charge is 2.26. The first kappa shape index (κ1) is 36.7. The van der Waals surface area contributed by atoms with Gasteiger partial charge in [-0.1, -0.05) is 36.4 Å². The van der Waals surface area contributed by atoms with Crippen molar-refractivity contribution in [3.8, 4) is 11.1 Å². The number of rotatable bonds is 13. The van der Waals surface area contributed by atoms with Crippen molar-refractivity contribution in [2.24, 2.45) is 0 Å². The van der Waals surface area contributed by atoms with Gasteiger partial charge in [-0.3, -0.25) is 19.2 Å². The van der Waals surface area contributed by atoms with E-state index in [-0.39, 0.29) is 67.0 Å². The SMILES string of the molecule is Nc1cc(-c2cccc(F)c2)cnc1C(=O)NCCOCCNCC(=O)N1CCN(C(=O)c2cc(Cc3n[nH]c(=O)c4ccccc34)ccc2F)CC1. The molecule has 1 saturated heterocycles. The van der Waals surface area contributed by atoms with Crippen LogP contribution >= 0.6 is 0 Å². The number of nitrogens with one attached hydrogen (secondary N) is 3. The molecule has 1 fully saturated rings. The van der Waals surface area contributed by atoms with E-state index in [1.807, 2.05) is 6.07 Å². The Hall–Kier alpha value is -6.06. The first-order valence-electron chi connectivity index (χ1n) is 17.1. The second-order valence-corrected chi connectivity index (χ2v) is 12.4. The number of anilines is 1. The second kappa shape index (κ2) is 17.0. The number of aromatic nitrogens is 3. The number of amides is 3. The van der Waals surface area contributed by atoms with Gasteiger partial charge in [0.05, 0.1) is 42.1 Å². The molecule has 15 heteroatoms. The van der Waals surface area contributed by atoms with Gasteiger partial charge in [0.2, 0.25) is 5.91 Å². The van der Waals surface area contributed by atoms with Crippen molar-refractivity contribution in [1.82, 2.24) is 35.6 Å². The molecule has 13 nitrogen and oxygen atoms in total. The number of H-pyrrole nitrogens is 1. The summed E-state index contributed by atoms with van der Waals surface area (Å²) in [6, 6.07) is 19.0. The lowest BCUT2D eigenvalue weighted by molar-refractivity contribution is -0.131. The summed E-state index contributed by atoms with van der Waals surface area (Å²) >= 11 is 0. The third-order valence-electron chi connectivity index (χ3n) is 8.85. The maximum absolute atomic E-state index is 14.9. The normalized spacial score (nSPS) is 12.9. The van der Waals surface area contributed by atoms with Gasteiger partial charge in [0.1, 0.15) is 11.6 Å². The predicted octanol–water partition coefficient (Wildman–Crippen LogP) is 2.76. The number of ether oxygens (including phenoxy) is 1. The zero-order chi connectivity index (χ0) is 37.3. The third-order valence-corrected chi connectivity index (χ3v) is 8.85. The minimum Gasteiger partial charge on any atom is -0.397 e. The largest absolute Gasteiger partial charge is 0.397 e. The van der Waals surface area contributed by atoms with Crippen molar-refractivity contribution < 1.29 is 27.9 Å². The van der Waals surface area contributed by atoms with Gasteiger partial charge in [0.15, 0.2) is 5.69 Å². The number of nitrogen functional groups attached to an aromatic ring is 1. The van der Waals surface area contributed by atoms with E-state index in [4.69, 9.17) is 10.5 Å².